The summed E-state index contributed by atoms with van der Waals surface area (Å²) in [6.07, 6.45) is 0. The summed E-state index contributed by atoms with van der Waals surface area (Å²) in [5, 5.41) is 9.83. The van der Waals surface area contributed by atoms with E-state index in [-0.39, 0.29) is 5.91 Å². The second kappa shape index (κ2) is 6.06. The van der Waals surface area contributed by atoms with Gasteiger partial charge in [0, 0.05) is 12.4 Å². The van der Waals surface area contributed by atoms with E-state index in [4.69, 9.17) is 0 Å². The van der Waals surface area contributed by atoms with Crippen LogP contribution in [-0.2, 0) is 4.79 Å². The summed E-state index contributed by atoms with van der Waals surface area (Å²) in [7, 11) is 1.53. The van der Waals surface area contributed by atoms with Crippen LogP contribution in [0.2, 0.25) is 0 Å². The lowest BCUT2D eigenvalue weighted by Crippen LogP contribution is -2.45. The molecule has 2 aromatic rings. The number of anilines is 1. The van der Waals surface area contributed by atoms with Gasteiger partial charge in [-0.25, -0.2) is 4.79 Å². The number of urea groups is 1. The zero-order valence-corrected chi connectivity index (χ0v) is 11.4. The highest BCUT2D eigenvalue weighted by Crippen LogP contribution is 2.22. The van der Waals surface area contributed by atoms with E-state index in [1.807, 2.05) is 42.5 Å². The third-order valence-corrected chi connectivity index (χ3v) is 3.03. The molecule has 2 aromatic carbocycles. The SMILES string of the molecule is CNC(=O)C(C)NC(=O)Nc1cccc2ccccc12. The number of benzene rings is 2. The first-order valence-corrected chi connectivity index (χ1v) is 6.38. The molecule has 1 unspecified atom stereocenters. The number of hydrogen-bond donors (Lipinski definition) is 3. The van der Waals surface area contributed by atoms with Crippen LogP contribution in [0, 0.1) is 0 Å². The fraction of sp³-hybridized carbons (Fsp3) is 0.200. The Morgan fingerprint density at radius 2 is 1.75 bits per heavy atom. The smallest absolute Gasteiger partial charge is 0.319 e. The zero-order chi connectivity index (χ0) is 14.5. The van der Waals surface area contributed by atoms with E-state index >= 15 is 0 Å². The third-order valence-electron chi connectivity index (χ3n) is 3.03. The van der Waals surface area contributed by atoms with Crippen LogP contribution < -0.4 is 16.0 Å². The first-order valence-electron chi connectivity index (χ1n) is 6.38. The summed E-state index contributed by atoms with van der Waals surface area (Å²) in [6, 6.07) is 12.5. The fourth-order valence-electron chi connectivity index (χ4n) is 1.97. The van der Waals surface area contributed by atoms with Gasteiger partial charge < -0.3 is 16.0 Å². The van der Waals surface area contributed by atoms with Gasteiger partial charge in [-0.15, -0.1) is 0 Å². The maximum Gasteiger partial charge on any atom is 0.319 e. The number of fused-ring (bicyclic) bond motifs is 1. The highest BCUT2D eigenvalue weighted by atomic mass is 16.2. The lowest BCUT2D eigenvalue weighted by Gasteiger charge is -2.14. The minimum Gasteiger partial charge on any atom is -0.357 e. The van der Waals surface area contributed by atoms with E-state index in [0.717, 1.165) is 10.8 Å². The second-order valence-corrected chi connectivity index (χ2v) is 4.46. The van der Waals surface area contributed by atoms with Crippen molar-refractivity contribution in [1.82, 2.24) is 10.6 Å². The molecule has 1 atom stereocenters. The van der Waals surface area contributed by atoms with Crippen molar-refractivity contribution in [2.45, 2.75) is 13.0 Å². The number of likely N-dealkylation sites (N-methyl/N-ethyl adjacent to an activating group) is 1. The quantitative estimate of drug-likeness (QED) is 0.800. The van der Waals surface area contributed by atoms with Crippen molar-refractivity contribution in [2.75, 3.05) is 12.4 Å². The molecule has 0 aliphatic heterocycles. The Morgan fingerprint density at radius 3 is 2.50 bits per heavy atom. The summed E-state index contributed by atoms with van der Waals surface area (Å²) in [6.45, 7) is 1.63. The monoisotopic (exact) mass is 271 g/mol. The zero-order valence-electron chi connectivity index (χ0n) is 11.4. The fourth-order valence-corrected chi connectivity index (χ4v) is 1.97. The van der Waals surface area contributed by atoms with Crippen molar-refractivity contribution in [3.63, 3.8) is 0 Å². The van der Waals surface area contributed by atoms with Crippen LogP contribution in [0.3, 0.4) is 0 Å². The first kappa shape index (κ1) is 13.9. The molecule has 104 valence electrons. The van der Waals surface area contributed by atoms with Crippen LogP contribution >= 0.6 is 0 Å². The summed E-state index contributed by atoms with van der Waals surface area (Å²) < 4.78 is 0. The number of hydrogen-bond acceptors (Lipinski definition) is 2. The van der Waals surface area contributed by atoms with E-state index in [1.165, 1.54) is 7.05 Å². The largest absolute Gasteiger partial charge is 0.357 e. The lowest BCUT2D eigenvalue weighted by atomic mass is 10.1. The molecule has 0 aromatic heterocycles. The van der Waals surface area contributed by atoms with Crippen LogP contribution in [0.1, 0.15) is 6.92 Å². The van der Waals surface area contributed by atoms with Gasteiger partial charge in [-0.1, -0.05) is 36.4 Å². The molecule has 0 aliphatic rings. The molecule has 3 N–H and O–H groups in total. The van der Waals surface area contributed by atoms with E-state index in [1.54, 1.807) is 6.92 Å². The summed E-state index contributed by atoms with van der Waals surface area (Å²) in [4.78, 5) is 23.2. The Balaban J connectivity index is 2.12. The van der Waals surface area contributed by atoms with Gasteiger partial charge in [0.2, 0.25) is 5.91 Å². The van der Waals surface area contributed by atoms with Gasteiger partial charge in [0.15, 0.2) is 0 Å². The molecule has 0 saturated heterocycles. The Morgan fingerprint density at radius 1 is 1.05 bits per heavy atom. The standard InChI is InChI=1S/C15H17N3O2/c1-10(14(19)16-2)17-15(20)18-13-9-5-7-11-6-3-4-8-12(11)13/h3-10H,1-2H3,(H,16,19)(H2,17,18,20). The predicted molar refractivity (Wildman–Crippen MR) is 79.6 cm³/mol. The topological polar surface area (TPSA) is 70.2 Å². The number of carbonyl (C=O) groups is 2. The molecule has 0 spiro atoms. The maximum atomic E-state index is 11.9. The molecule has 5 nitrogen and oxygen atoms in total. The van der Waals surface area contributed by atoms with Gasteiger partial charge in [-0.3, -0.25) is 4.79 Å². The second-order valence-electron chi connectivity index (χ2n) is 4.46. The van der Waals surface area contributed by atoms with Gasteiger partial charge >= 0.3 is 6.03 Å². The molecule has 0 heterocycles. The maximum absolute atomic E-state index is 11.9. The number of amides is 3. The van der Waals surface area contributed by atoms with Crippen LogP contribution in [0.15, 0.2) is 42.5 Å². The van der Waals surface area contributed by atoms with Crippen LogP contribution in [0.5, 0.6) is 0 Å². The van der Waals surface area contributed by atoms with Crippen molar-refractivity contribution in [1.29, 1.82) is 0 Å². The number of rotatable bonds is 3. The lowest BCUT2D eigenvalue weighted by molar-refractivity contribution is -0.122. The minimum atomic E-state index is -0.588. The molecule has 3 amide bonds. The van der Waals surface area contributed by atoms with E-state index in [9.17, 15) is 9.59 Å². The van der Waals surface area contributed by atoms with Crippen LogP contribution in [-0.4, -0.2) is 25.0 Å². The molecule has 2 rings (SSSR count). The van der Waals surface area contributed by atoms with E-state index in [2.05, 4.69) is 16.0 Å². The predicted octanol–water partition coefficient (Wildman–Crippen LogP) is 2.10. The molecule has 0 radical (unpaired) electrons. The molecule has 0 saturated carbocycles. The number of carbonyl (C=O) groups excluding carboxylic acids is 2. The molecule has 0 fully saturated rings. The summed E-state index contributed by atoms with van der Waals surface area (Å²) in [5.41, 5.74) is 0.713. The van der Waals surface area contributed by atoms with Crippen molar-refractivity contribution in [3.05, 3.63) is 42.5 Å². The normalized spacial score (nSPS) is 11.7. The molecule has 0 aliphatic carbocycles. The molecule has 5 heteroatoms. The Hall–Kier alpha value is -2.56. The molecular formula is C15H17N3O2. The number of nitrogens with one attached hydrogen (secondary N) is 3. The van der Waals surface area contributed by atoms with Crippen molar-refractivity contribution < 1.29 is 9.59 Å². The van der Waals surface area contributed by atoms with Gasteiger partial charge in [0.1, 0.15) is 6.04 Å². The van der Waals surface area contributed by atoms with Crippen LogP contribution in [0.4, 0.5) is 10.5 Å². The average molecular weight is 271 g/mol. The molecular weight excluding hydrogens is 254 g/mol. The van der Waals surface area contributed by atoms with Crippen molar-refractivity contribution >= 4 is 28.4 Å². The highest BCUT2D eigenvalue weighted by molar-refractivity contribution is 6.02. The minimum absolute atomic E-state index is 0.238. The van der Waals surface area contributed by atoms with Gasteiger partial charge in [-0.2, -0.15) is 0 Å². The average Bonchev–Trinajstić information content (AvgIpc) is 2.46. The van der Waals surface area contributed by atoms with E-state index in [0.29, 0.717) is 5.69 Å². The Kier molecular flexibility index (Phi) is 4.20. The third kappa shape index (κ3) is 3.06. The Labute approximate surface area is 117 Å². The van der Waals surface area contributed by atoms with Crippen LogP contribution in [0.25, 0.3) is 10.8 Å². The van der Waals surface area contributed by atoms with Gasteiger partial charge in [0.05, 0.1) is 5.69 Å². The summed E-state index contributed by atoms with van der Waals surface area (Å²) >= 11 is 0. The van der Waals surface area contributed by atoms with Gasteiger partial charge in [-0.05, 0) is 18.4 Å². The van der Waals surface area contributed by atoms with Gasteiger partial charge in [0.25, 0.3) is 0 Å². The van der Waals surface area contributed by atoms with Crippen molar-refractivity contribution in [3.8, 4) is 0 Å². The first-order chi connectivity index (χ1) is 9.61. The molecule has 20 heavy (non-hydrogen) atoms. The van der Waals surface area contributed by atoms with E-state index < -0.39 is 12.1 Å². The Bertz CT molecular complexity index is 635. The molecule has 0 bridgehead atoms. The highest BCUT2D eigenvalue weighted by Gasteiger charge is 2.14. The van der Waals surface area contributed by atoms with Crippen molar-refractivity contribution in [2.24, 2.45) is 0 Å². The summed E-state index contributed by atoms with van der Waals surface area (Å²) in [5.74, 6) is -0.238.